The molecule has 0 aromatic rings. The standard InChI is InChI=1S/C20H28F2N2O4/c21-12-4-6-17(16(22)9-12)23-18(25)11-3-5-14-15(8-11)20(27)24(19(14)26)10-13-2-1-7-28-13/h11-17H,1-10H2,(H,23,25). The summed E-state index contributed by atoms with van der Waals surface area (Å²) in [5.74, 6) is -1.86. The number of carbonyl (C=O) groups is 3. The van der Waals surface area contributed by atoms with Crippen molar-refractivity contribution in [3.63, 3.8) is 0 Å². The molecule has 2 saturated carbocycles. The van der Waals surface area contributed by atoms with Gasteiger partial charge >= 0.3 is 0 Å². The summed E-state index contributed by atoms with van der Waals surface area (Å²) in [5, 5.41) is 2.72. The molecule has 0 aromatic carbocycles. The van der Waals surface area contributed by atoms with E-state index in [0.717, 1.165) is 12.8 Å². The monoisotopic (exact) mass is 398 g/mol. The van der Waals surface area contributed by atoms with Gasteiger partial charge in [-0.1, -0.05) is 0 Å². The van der Waals surface area contributed by atoms with Gasteiger partial charge < -0.3 is 10.1 Å². The number of imide groups is 1. The summed E-state index contributed by atoms with van der Waals surface area (Å²) < 4.78 is 32.9. The summed E-state index contributed by atoms with van der Waals surface area (Å²) in [6, 6.07) is -0.658. The lowest BCUT2D eigenvalue weighted by Gasteiger charge is -2.32. The highest BCUT2D eigenvalue weighted by Crippen LogP contribution is 2.41. The molecule has 6 nitrogen and oxygen atoms in total. The predicted octanol–water partition coefficient (Wildman–Crippen LogP) is 1.91. The number of nitrogens with one attached hydrogen (secondary N) is 1. The highest BCUT2D eigenvalue weighted by Gasteiger charge is 2.51. The number of alkyl halides is 2. The maximum absolute atomic E-state index is 14.0. The molecule has 0 aromatic heterocycles. The average Bonchev–Trinajstić information content (AvgIpc) is 3.27. The van der Waals surface area contributed by atoms with Gasteiger partial charge in [-0.05, 0) is 44.9 Å². The van der Waals surface area contributed by atoms with Crippen LogP contribution in [0.3, 0.4) is 0 Å². The zero-order chi connectivity index (χ0) is 19.8. The molecule has 0 bridgehead atoms. The van der Waals surface area contributed by atoms with E-state index in [1.807, 2.05) is 0 Å². The lowest BCUT2D eigenvalue weighted by molar-refractivity contribution is -0.141. The van der Waals surface area contributed by atoms with Gasteiger partial charge in [-0.2, -0.15) is 0 Å². The Balaban J connectivity index is 1.35. The molecule has 2 saturated heterocycles. The maximum atomic E-state index is 14.0. The average molecular weight is 398 g/mol. The summed E-state index contributed by atoms with van der Waals surface area (Å²) in [5.41, 5.74) is 0. The Morgan fingerprint density at radius 2 is 1.82 bits per heavy atom. The molecule has 4 fully saturated rings. The molecule has 2 aliphatic carbocycles. The minimum Gasteiger partial charge on any atom is -0.376 e. The van der Waals surface area contributed by atoms with Crippen LogP contribution in [0.2, 0.25) is 0 Å². The van der Waals surface area contributed by atoms with E-state index in [4.69, 9.17) is 4.74 Å². The first-order valence-corrected chi connectivity index (χ1v) is 10.5. The van der Waals surface area contributed by atoms with Crippen LogP contribution in [0.15, 0.2) is 0 Å². The minimum absolute atomic E-state index is 0.0840. The zero-order valence-corrected chi connectivity index (χ0v) is 15.9. The molecule has 28 heavy (non-hydrogen) atoms. The van der Waals surface area contributed by atoms with E-state index in [1.165, 1.54) is 4.90 Å². The van der Waals surface area contributed by atoms with Crippen molar-refractivity contribution >= 4 is 17.7 Å². The Morgan fingerprint density at radius 3 is 2.54 bits per heavy atom. The number of rotatable bonds is 4. The number of amides is 3. The van der Waals surface area contributed by atoms with Crippen LogP contribution < -0.4 is 5.32 Å². The Labute approximate surface area is 163 Å². The predicted molar refractivity (Wildman–Crippen MR) is 95.6 cm³/mol. The lowest BCUT2D eigenvalue weighted by atomic mass is 9.75. The van der Waals surface area contributed by atoms with E-state index in [0.29, 0.717) is 38.8 Å². The molecule has 2 heterocycles. The Bertz CT molecular complexity index is 640. The SMILES string of the molecule is O=C(NC1CCC(F)CC1F)C1CCC2C(=O)N(CC3CCCO3)C(=O)C2C1. The van der Waals surface area contributed by atoms with Gasteiger partial charge in [-0.25, -0.2) is 8.78 Å². The van der Waals surface area contributed by atoms with Crippen molar-refractivity contribution in [3.8, 4) is 0 Å². The fourth-order valence-corrected chi connectivity index (χ4v) is 5.19. The zero-order valence-electron chi connectivity index (χ0n) is 15.9. The number of nitrogens with zero attached hydrogens (tertiary/aromatic N) is 1. The first kappa shape index (κ1) is 19.7. The lowest BCUT2D eigenvalue weighted by Crippen LogP contribution is -2.48. The smallest absolute Gasteiger partial charge is 0.233 e. The molecule has 4 rings (SSSR count). The molecule has 2 aliphatic heterocycles. The van der Waals surface area contributed by atoms with Gasteiger partial charge in [0, 0.05) is 18.9 Å². The van der Waals surface area contributed by atoms with E-state index in [2.05, 4.69) is 5.32 Å². The third-order valence-electron chi connectivity index (χ3n) is 6.83. The fourth-order valence-electron chi connectivity index (χ4n) is 5.19. The van der Waals surface area contributed by atoms with E-state index in [1.54, 1.807) is 0 Å². The molecule has 0 spiro atoms. The van der Waals surface area contributed by atoms with Crippen LogP contribution >= 0.6 is 0 Å². The fraction of sp³-hybridized carbons (Fsp3) is 0.850. The molecule has 1 N–H and O–H groups in total. The summed E-state index contributed by atoms with van der Waals surface area (Å²) in [6.45, 7) is 0.966. The molecule has 156 valence electrons. The van der Waals surface area contributed by atoms with Crippen LogP contribution in [0.1, 0.15) is 51.4 Å². The van der Waals surface area contributed by atoms with Crippen LogP contribution in [0.4, 0.5) is 8.78 Å². The molecule has 7 atom stereocenters. The second-order valence-corrected chi connectivity index (χ2v) is 8.69. The maximum Gasteiger partial charge on any atom is 0.233 e. The number of carbonyl (C=O) groups excluding carboxylic acids is 3. The van der Waals surface area contributed by atoms with E-state index < -0.39 is 30.2 Å². The van der Waals surface area contributed by atoms with Crippen LogP contribution in [-0.2, 0) is 19.1 Å². The minimum atomic E-state index is -1.37. The topological polar surface area (TPSA) is 75.7 Å². The normalized spacial score (nSPS) is 41.2. The highest BCUT2D eigenvalue weighted by atomic mass is 19.1. The Hall–Kier alpha value is -1.57. The first-order valence-electron chi connectivity index (χ1n) is 10.5. The van der Waals surface area contributed by atoms with Crippen molar-refractivity contribution in [2.75, 3.05) is 13.2 Å². The van der Waals surface area contributed by atoms with Gasteiger partial charge in [0.05, 0.1) is 30.5 Å². The summed E-state index contributed by atoms with van der Waals surface area (Å²) in [6.07, 6.45) is 0.880. The van der Waals surface area contributed by atoms with E-state index in [9.17, 15) is 23.2 Å². The molecular formula is C20H28F2N2O4. The first-order chi connectivity index (χ1) is 13.4. The van der Waals surface area contributed by atoms with Crippen LogP contribution in [0, 0.1) is 17.8 Å². The number of ether oxygens (including phenoxy) is 1. The number of hydrogen-bond donors (Lipinski definition) is 1. The molecule has 7 unspecified atom stereocenters. The van der Waals surface area contributed by atoms with E-state index >= 15 is 0 Å². The second kappa shape index (κ2) is 8.05. The van der Waals surface area contributed by atoms with Gasteiger partial charge in [0.25, 0.3) is 0 Å². The largest absolute Gasteiger partial charge is 0.376 e. The van der Waals surface area contributed by atoms with Crippen LogP contribution in [-0.4, -0.2) is 60.3 Å². The molecular weight excluding hydrogens is 370 g/mol. The number of likely N-dealkylation sites (tertiary alicyclic amines) is 1. The van der Waals surface area contributed by atoms with Gasteiger partial charge in [0.2, 0.25) is 17.7 Å². The van der Waals surface area contributed by atoms with Crippen molar-refractivity contribution in [1.29, 1.82) is 0 Å². The number of halogens is 2. The molecule has 4 aliphatic rings. The highest BCUT2D eigenvalue weighted by molar-refractivity contribution is 6.05. The third kappa shape index (κ3) is 3.80. The van der Waals surface area contributed by atoms with Crippen LogP contribution in [0.5, 0.6) is 0 Å². The van der Waals surface area contributed by atoms with Gasteiger partial charge in [-0.15, -0.1) is 0 Å². The van der Waals surface area contributed by atoms with Crippen molar-refractivity contribution < 1.29 is 27.9 Å². The molecule has 0 radical (unpaired) electrons. The third-order valence-corrected chi connectivity index (χ3v) is 6.83. The van der Waals surface area contributed by atoms with Crippen molar-refractivity contribution in [2.45, 2.75) is 75.9 Å². The second-order valence-electron chi connectivity index (χ2n) is 8.69. The summed E-state index contributed by atoms with van der Waals surface area (Å²) in [7, 11) is 0. The van der Waals surface area contributed by atoms with Crippen molar-refractivity contribution in [1.82, 2.24) is 10.2 Å². The Kier molecular flexibility index (Phi) is 5.67. The van der Waals surface area contributed by atoms with E-state index in [-0.39, 0.29) is 42.6 Å². The quantitative estimate of drug-likeness (QED) is 0.734. The Morgan fingerprint density at radius 1 is 1.04 bits per heavy atom. The summed E-state index contributed by atoms with van der Waals surface area (Å²) in [4.78, 5) is 39.4. The summed E-state index contributed by atoms with van der Waals surface area (Å²) >= 11 is 0. The van der Waals surface area contributed by atoms with Gasteiger partial charge in [0.15, 0.2) is 0 Å². The number of fused-ring (bicyclic) bond motifs is 1. The van der Waals surface area contributed by atoms with Crippen molar-refractivity contribution in [3.05, 3.63) is 0 Å². The molecule has 3 amide bonds. The number of hydrogen-bond acceptors (Lipinski definition) is 4. The molecule has 8 heteroatoms. The van der Waals surface area contributed by atoms with Gasteiger partial charge in [0.1, 0.15) is 12.3 Å². The van der Waals surface area contributed by atoms with Gasteiger partial charge in [-0.3, -0.25) is 19.3 Å². The van der Waals surface area contributed by atoms with Crippen LogP contribution in [0.25, 0.3) is 0 Å². The van der Waals surface area contributed by atoms with Crippen molar-refractivity contribution in [2.24, 2.45) is 17.8 Å².